The molecule has 1 heterocycles. The molecule has 1 N–H and O–H groups in total. The molecule has 2 amide bonds. The van der Waals surface area contributed by atoms with Gasteiger partial charge in [-0.05, 0) is 19.3 Å². The van der Waals surface area contributed by atoms with E-state index in [4.69, 9.17) is 9.84 Å². The average molecular weight is 228 g/mol. The Labute approximate surface area is 96.0 Å². The standard InChI is InChI=1S/C11H20N2O3/c14-7-4-13(10-2-1-3-10)11(15)12-5-8-16-9-6-12/h10,14H,1-9H2. The van der Waals surface area contributed by atoms with Crippen LogP contribution < -0.4 is 0 Å². The first-order valence-corrected chi connectivity index (χ1v) is 6.07. The second-order valence-electron chi connectivity index (χ2n) is 4.38. The number of nitrogens with zero attached hydrogens (tertiary/aromatic N) is 2. The Balaban J connectivity index is 1.92. The minimum Gasteiger partial charge on any atom is -0.395 e. The molecular formula is C11H20N2O3. The number of carbonyl (C=O) groups is 1. The normalized spacial score (nSPS) is 21.7. The van der Waals surface area contributed by atoms with E-state index in [1.54, 1.807) is 0 Å². The third-order valence-electron chi connectivity index (χ3n) is 3.38. The van der Waals surface area contributed by atoms with Gasteiger partial charge in [-0.2, -0.15) is 0 Å². The highest BCUT2D eigenvalue weighted by atomic mass is 16.5. The predicted molar refractivity (Wildman–Crippen MR) is 59.2 cm³/mol. The quantitative estimate of drug-likeness (QED) is 0.755. The van der Waals surface area contributed by atoms with Crippen LogP contribution in [0.25, 0.3) is 0 Å². The van der Waals surface area contributed by atoms with Gasteiger partial charge in [0, 0.05) is 25.7 Å². The van der Waals surface area contributed by atoms with Crippen molar-refractivity contribution in [2.75, 3.05) is 39.5 Å². The SMILES string of the molecule is O=C(N1CCOCC1)N(CCO)C1CCC1. The summed E-state index contributed by atoms with van der Waals surface area (Å²) in [6, 6.07) is 0.421. The number of aliphatic hydroxyl groups excluding tert-OH is 1. The number of morpholine rings is 1. The molecule has 92 valence electrons. The number of urea groups is 1. The molecule has 2 rings (SSSR count). The number of rotatable bonds is 3. The van der Waals surface area contributed by atoms with E-state index in [9.17, 15) is 4.79 Å². The van der Waals surface area contributed by atoms with Crippen LogP contribution in [0.4, 0.5) is 4.79 Å². The van der Waals surface area contributed by atoms with E-state index in [1.807, 2.05) is 9.80 Å². The molecule has 0 aromatic rings. The second-order valence-corrected chi connectivity index (χ2v) is 4.38. The van der Waals surface area contributed by atoms with Gasteiger partial charge in [0.2, 0.25) is 0 Å². The van der Waals surface area contributed by atoms with Crippen LogP contribution in [0.2, 0.25) is 0 Å². The minimum atomic E-state index is 0.0482. The lowest BCUT2D eigenvalue weighted by atomic mass is 9.91. The molecule has 16 heavy (non-hydrogen) atoms. The van der Waals surface area contributed by atoms with Crippen molar-refractivity contribution in [3.8, 4) is 0 Å². The number of ether oxygens (including phenoxy) is 1. The molecule has 0 atom stereocenters. The van der Waals surface area contributed by atoms with E-state index in [2.05, 4.69) is 0 Å². The second kappa shape index (κ2) is 5.50. The largest absolute Gasteiger partial charge is 0.395 e. The highest BCUT2D eigenvalue weighted by Gasteiger charge is 2.31. The van der Waals surface area contributed by atoms with Crippen molar-refractivity contribution >= 4 is 6.03 Å². The Hall–Kier alpha value is -0.810. The van der Waals surface area contributed by atoms with E-state index in [1.165, 1.54) is 6.42 Å². The predicted octanol–water partition coefficient (Wildman–Crippen LogP) is 0.285. The summed E-state index contributed by atoms with van der Waals surface area (Å²) in [6.07, 6.45) is 3.36. The van der Waals surface area contributed by atoms with Crippen molar-refractivity contribution in [3.63, 3.8) is 0 Å². The van der Waals surface area contributed by atoms with Crippen LogP contribution in [-0.4, -0.2) is 66.4 Å². The summed E-state index contributed by atoms with van der Waals surface area (Å²) in [5.41, 5.74) is 0. The Morgan fingerprint density at radius 3 is 2.56 bits per heavy atom. The molecule has 0 radical (unpaired) electrons. The maximum atomic E-state index is 12.2. The first-order chi connectivity index (χ1) is 7.83. The molecule has 1 saturated carbocycles. The van der Waals surface area contributed by atoms with Crippen molar-refractivity contribution in [1.29, 1.82) is 0 Å². The molecule has 1 saturated heterocycles. The summed E-state index contributed by atoms with van der Waals surface area (Å²) < 4.78 is 5.23. The van der Waals surface area contributed by atoms with E-state index in [0.717, 1.165) is 12.8 Å². The highest BCUT2D eigenvalue weighted by molar-refractivity contribution is 5.75. The molecule has 0 bridgehead atoms. The van der Waals surface area contributed by atoms with Crippen molar-refractivity contribution < 1.29 is 14.6 Å². The Bertz CT molecular complexity index is 237. The molecule has 1 aliphatic heterocycles. The van der Waals surface area contributed by atoms with E-state index >= 15 is 0 Å². The van der Waals surface area contributed by atoms with Crippen molar-refractivity contribution in [3.05, 3.63) is 0 Å². The summed E-state index contributed by atoms with van der Waals surface area (Å²) in [4.78, 5) is 15.9. The molecule has 5 heteroatoms. The average Bonchev–Trinajstić information content (AvgIpc) is 2.26. The molecule has 0 spiro atoms. The maximum Gasteiger partial charge on any atom is 0.320 e. The zero-order valence-corrected chi connectivity index (χ0v) is 9.60. The summed E-state index contributed by atoms with van der Waals surface area (Å²) in [6.45, 7) is 3.11. The van der Waals surface area contributed by atoms with Crippen LogP contribution in [-0.2, 0) is 4.74 Å². The Morgan fingerprint density at radius 1 is 1.38 bits per heavy atom. The van der Waals surface area contributed by atoms with Crippen LogP contribution in [0.1, 0.15) is 19.3 Å². The minimum absolute atomic E-state index is 0.0482. The van der Waals surface area contributed by atoms with Crippen LogP contribution >= 0.6 is 0 Å². The first kappa shape index (κ1) is 11.7. The maximum absolute atomic E-state index is 12.2. The molecule has 0 aromatic carbocycles. The number of carbonyl (C=O) groups excluding carboxylic acids is 1. The third kappa shape index (κ3) is 2.47. The fraction of sp³-hybridized carbons (Fsp3) is 0.909. The summed E-state index contributed by atoms with van der Waals surface area (Å²) in [7, 11) is 0. The number of hydrogen-bond acceptors (Lipinski definition) is 3. The van der Waals surface area contributed by atoms with Gasteiger partial charge in [-0.1, -0.05) is 0 Å². The van der Waals surface area contributed by atoms with Crippen molar-refractivity contribution in [2.24, 2.45) is 0 Å². The molecule has 2 fully saturated rings. The summed E-state index contributed by atoms with van der Waals surface area (Å²) in [5.74, 6) is 0. The van der Waals surface area contributed by atoms with Gasteiger partial charge in [-0.25, -0.2) is 4.79 Å². The topological polar surface area (TPSA) is 53.0 Å². The zero-order chi connectivity index (χ0) is 11.4. The fourth-order valence-electron chi connectivity index (χ4n) is 2.18. The van der Waals surface area contributed by atoms with Crippen molar-refractivity contribution in [2.45, 2.75) is 25.3 Å². The number of amides is 2. The Kier molecular flexibility index (Phi) is 4.01. The van der Waals surface area contributed by atoms with Gasteiger partial charge in [0.1, 0.15) is 0 Å². The third-order valence-corrected chi connectivity index (χ3v) is 3.38. The van der Waals surface area contributed by atoms with Gasteiger partial charge in [0.15, 0.2) is 0 Å². The summed E-state index contributed by atoms with van der Waals surface area (Å²) in [5, 5.41) is 9.02. The molecule has 5 nitrogen and oxygen atoms in total. The molecular weight excluding hydrogens is 208 g/mol. The molecule has 0 aromatic heterocycles. The lowest BCUT2D eigenvalue weighted by molar-refractivity contribution is 0.0309. The summed E-state index contributed by atoms with van der Waals surface area (Å²) >= 11 is 0. The molecule has 0 unspecified atom stereocenters. The lowest BCUT2D eigenvalue weighted by Crippen LogP contribution is -2.54. The number of hydrogen-bond donors (Lipinski definition) is 1. The van der Waals surface area contributed by atoms with Crippen LogP contribution in [0, 0.1) is 0 Å². The van der Waals surface area contributed by atoms with Crippen LogP contribution in [0.3, 0.4) is 0 Å². The van der Waals surface area contributed by atoms with Gasteiger partial charge in [-0.15, -0.1) is 0 Å². The number of aliphatic hydroxyl groups is 1. The highest BCUT2D eigenvalue weighted by Crippen LogP contribution is 2.25. The van der Waals surface area contributed by atoms with E-state index in [0.29, 0.717) is 38.9 Å². The zero-order valence-electron chi connectivity index (χ0n) is 9.60. The molecule has 1 aliphatic carbocycles. The van der Waals surface area contributed by atoms with E-state index < -0.39 is 0 Å². The fourth-order valence-corrected chi connectivity index (χ4v) is 2.18. The Morgan fingerprint density at radius 2 is 2.06 bits per heavy atom. The molecule has 2 aliphatic rings. The van der Waals surface area contributed by atoms with Gasteiger partial charge in [0.05, 0.1) is 19.8 Å². The lowest BCUT2D eigenvalue weighted by Gasteiger charge is -2.41. The van der Waals surface area contributed by atoms with Gasteiger partial charge in [-0.3, -0.25) is 0 Å². The van der Waals surface area contributed by atoms with Gasteiger partial charge in [0.25, 0.3) is 0 Å². The van der Waals surface area contributed by atoms with Crippen LogP contribution in [0.5, 0.6) is 0 Å². The van der Waals surface area contributed by atoms with Crippen LogP contribution in [0.15, 0.2) is 0 Å². The van der Waals surface area contributed by atoms with Gasteiger partial charge >= 0.3 is 6.03 Å². The van der Waals surface area contributed by atoms with E-state index in [-0.39, 0.29) is 12.6 Å². The van der Waals surface area contributed by atoms with Crippen molar-refractivity contribution in [1.82, 2.24) is 9.80 Å². The smallest absolute Gasteiger partial charge is 0.320 e. The van der Waals surface area contributed by atoms with Gasteiger partial charge < -0.3 is 19.6 Å². The monoisotopic (exact) mass is 228 g/mol. The first-order valence-electron chi connectivity index (χ1n) is 6.07.